The molecule has 0 amide bonds. The van der Waals surface area contributed by atoms with E-state index in [2.05, 4.69) is 17.0 Å². The van der Waals surface area contributed by atoms with Crippen LogP contribution < -0.4 is 4.74 Å². The lowest BCUT2D eigenvalue weighted by Gasteiger charge is -2.05. The van der Waals surface area contributed by atoms with Gasteiger partial charge in [-0.2, -0.15) is 9.67 Å². The van der Waals surface area contributed by atoms with Gasteiger partial charge >= 0.3 is 6.01 Å². The van der Waals surface area contributed by atoms with Gasteiger partial charge in [0.25, 0.3) is 5.91 Å². The SMILES string of the molecule is CCc1ccc(-c2nc(OC(C)C)nn2C(=O)c2ccc(F)cc2)cc1. The third-order valence-electron chi connectivity index (χ3n) is 3.83. The van der Waals surface area contributed by atoms with Crippen LogP contribution in [0.25, 0.3) is 11.4 Å². The van der Waals surface area contributed by atoms with Crippen molar-refractivity contribution in [3.63, 3.8) is 0 Å². The summed E-state index contributed by atoms with van der Waals surface area (Å²) >= 11 is 0. The number of carbonyl (C=O) groups is 1. The maximum absolute atomic E-state index is 13.1. The number of hydrogen-bond donors (Lipinski definition) is 0. The second-order valence-electron chi connectivity index (χ2n) is 6.16. The number of hydrogen-bond acceptors (Lipinski definition) is 4. The fraction of sp³-hybridized carbons (Fsp3) is 0.250. The van der Waals surface area contributed by atoms with E-state index in [0.29, 0.717) is 11.4 Å². The molecule has 3 rings (SSSR count). The molecule has 0 radical (unpaired) electrons. The van der Waals surface area contributed by atoms with Gasteiger partial charge in [-0.05, 0) is 50.1 Å². The smallest absolute Gasteiger partial charge is 0.336 e. The standard InChI is InChI=1S/C20H20FN3O2/c1-4-14-5-7-15(8-6-14)18-22-20(26-13(2)3)23-24(18)19(25)16-9-11-17(21)12-10-16/h5-13H,4H2,1-3H3. The van der Waals surface area contributed by atoms with Gasteiger partial charge in [0.15, 0.2) is 5.82 Å². The topological polar surface area (TPSA) is 57.0 Å². The maximum atomic E-state index is 13.1. The normalized spacial score (nSPS) is 11.0. The molecule has 0 saturated carbocycles. The molecule has 0 unspecified atom stereocenters. The fourth-order valence-corrected chi connectivity index (χ4v) is 2.49. The molecule has 2 aromatic carbocycles. The van der Waals surface area contributed by atoms with Crippen LogP contribution in [0.4, 0.5) is 4.39 Å². The number of carbonyl (C=O) groups excluding carboxylic acids is 1. The average Bonchev–Trinajstić information content (AvgIpc) is 3.05. The van der Waals surface area contributed by atoms with Crippen molar-refractivity contribution < 1.29 is 13.9 Å². The van der Waals surface area contributed by atoms with Crippen LogP contribution in [0.5, 0.6) is 6.01 Å². The van der Waals surface area contributed by atoms with E-state index in [-0.39, 0.29) is 12.1 Å². The molecule has 1 aromatic heterocycles. The molecule has 0 saturated heterocycles. The number of rotatable bonds is 5. The zero-order chi connectivity index (χ0) is 18.7. The number of aryl methyl sites for hydroxylation is 1. The summed E-state index contributed by atoms with van der Waals surface area (Å²) in [7, 11) is 0. The van der Waals surface area contributed by atoms with Gasteiger partial charge in [0.2, 0.25) is 0 Å². The Balaban J connectivity index is 2.05. The van der Waals surface area contributed by atoms with E-state index in [4.69, 9.17) is 4.74 Å². The van der Waals surface area contributed by atoms with Crippen molar-refractivity contribution in [2.45, 2.75) is 33.3 Å². The lowest BCUT2D eigenvalue weighted by molar-refractivity contribution is 0.0943. The zero-order valence-electron chi connectivity index (χ0n) is 14.9. The Morgan fingerprint density at radius 2 is 1.77 bits per heavy atom. The molecule has 0 spiro atoms. The summed E-state index contributed by atoms with van der Waals surface area (Å²) in [6.45, 7) is 5.79. The van der Waals surface area contributed by atoms with Gasteiger partial charge in [0.05, 0.1) is 6.10 Å². The van der Waals surface area contributed by atoms with Gasteiger partial charge in [-0.15, -0.1) is 5.10 Å². The maximum Gasteiger partial charge on any atom is 0.336 e. The first-order valence-corrected chi connectivity index (χ1v) is 8.51. The van der Waals surface area contributed by atoms with E-state index >= 15 is 0 Å². The monoisotopic (exact) mass is 353 g/mol. The zero-order valence-corrected chi connectivity index (χ0v) is 14.9. The molecule has 0 fully saturated rings. The number of benzene rings is 2. The van der Waals surface area contributed by atoms with Gasteiger partial charge < -0.3 is 4.74 Å². The van der Waals surface area contributed by atoms with E-state index in [9.17, 15) is 9.18 Å². The molecular weight excluding hydrogens is 333 g/mol. The van der Waals surface area contributed by atoms with Gasteiger partial charge in [-0.3, -0.25) is 4.79 Å². The molecule has 0 aliphatic carbocycles. The predicted octanol–water partition coefficient (Wildman–Crippen LogP) is 4.12. The summed E-state index contributed by atoms with van der Waals surface area (Å²) in [5.41, 5.74) is 2.26. The minimum Gasteiger partial charge on any atom is -0.460 e. The van der Waals surface area contributed by atoms with Crippen molar-refractivity contribution in [3.8, 4) is 17.4 Å². The lowest BCUT2D eigenvalue weighted by atomic mass is 10.1. The molecule has 0 aliphatic heterocycles. The minimum atomic E-state index is -0.403. The Labute approximate surface area is 151 Å². The molecule has 0 N–H and O–H groups in total. The van der Waals surface area contributed by atoms with E-state index in [1.807, 2.05) is 38.1 Å². The Bertz CT molecular complexity index is 900. The van der Waals surface area contributed by atoms with Crippen LogP contribution in [-0.4, -0.2) is 26.8 Å². The summed E-state index contributed by atoms with van der Waals surface area (Å²) < 4.78 is 19.9. The first-order valence-electron chi connectivity index (χ1n) is 8.51. The van der Waals surface area contributed by atoms with Crippen molar-refractivity contribution in [1.29, 1.82) is 0 Å². The molecule has 3 aromatic rings. The Hall–Kier alpha value is -3.02. The van der Waals surface area contributed by atoms with Crippen molar-refractivity contribution in [2.24, 2.45) is 0 Å². The number of nitrogens with zero attached hydrogens (tertiary/aromatic N) is 3. The first-order chi connectivity index (χ1) is 12.5. The highest BCUT2D eigenvalue weighted by molar-refractivity contribution is 5.97. The van der Waals surface area contributed by atoms with Crippen molar-refractivity contribution in [2.75, 3.05) is 0 Å². The Kier molecular flexibility index (Phi) is 5.11. The molecule has 0 bridgehead atoms. The molecule has 0 aliphatic rings. The summed E-state index contributed by atoms with van der Waals surface area (Å²) in [6, 6.07) is 13.2. The minimum absolute atomic E-state index is 0.123. The Morgan fingerprint density at radius 3 is 2.35 bits per heavy atom. The van der Waals surface area contributed by atoms with Crippen LogP contribution in [0.1, 0.15) is 36.7 Å². The van der Waals surface area contributed by atoms with Crippen LogP contribution in [0, 0.1) is 5.82 Å². The second kappa shape index (κ2) is 7.47. The van der Waals surface area contributed by atoms with Crippen LogP contribution in [0.15, 0.2) is 48.5 Å². The number of aromatic nitrogens is 3. The lowest BCUT2D eigenvalue weighted by Crippen LogP contribution is -2.15. The summed E-state index contributed by atoms with van der Waals surface area (Å²) in [5.74, 6) is -0.414. The van der Waals surface area contributed by atoms with Crippen molar-refractivity contribution >= 4 is 5.91 Å². The predicted molar refractivity (Wildman–Crippen MR) is 96.7 cm³/mol. The molecule has 26 heavy (non-hydrogen) atoms. The van der Waals surface area contributed by atoms with E-state index in [1.165, 1.54) is 34.5 Å². The van der Waals surface area contributed by atoms with Crippen LogP contribution in [0.2, 0.25) is 0 Å². The molecule has 0 atom stereocenters. The Morgan fingerprint density at radius 1 is 1.12 bits per heavy atom. The highest BCUT2D eigenvalue weighted by Gasteiger charge is 2.20. The summed E-state index contributed by atoms with van der Waals surface area (Å²) in [5, 5.41) is 4.21. The van der Waals surface area contributed by atoms with Crippen molar-refractivity contribution in [3.05, 3.63) is 65.5 Å². The van der Waals surface area contributed by atoms with Gasteiger partial charge in [0.1, 0.15) is 5.82 Å². The van der Waals surface area contributed by atoms with E-state index in [0.717, 1.165) is 12.0 Å². The molecular formula is C20H20FN3O2. The van der Waals surface area contributed by atoms with E-state index < -0.39 is 11.7 Å². The first kappa shape index (κ1) is 17.8. The largest absolute Gasteiger partial charge is 0.460 e. The number of ether oxygens (including phenoxy) is 1. The van der Waals surface area contributed by atoms with Crippen LogP contribution >= 0.6 is 0 Å². The van der Waals surface area contributed by atoms with Crippen molar-refractivity contribution in [1.82, 2.24) is 14.8 Å². The second-order valence-corrected chi connectivity index (χ2v) is 6.16. The molecule has 134 valence electrons. The highest BCUT2D eigenvalue weighted by Crippen LogP contribution is 2.22. The van der Waals surface area contributed by atoms with E-state index in [1.54, 1.807) is 0 Å². The highest BCUT2D eigenvalue weighted by atomic mass is 19.1. The molecule has 5 nitrogen and oxygen atoms in total. The van der Waals surface area contributed by atoms with Gasteiger partial charge in [0, 0.05) is 11.1 Å². The third kappa shape index (κ3) is 3.79. The molecule has 1 heterocycles. The van der Waals surface area contributed by atoms with Gasteiger partial charge in [-0.25, -0.2) is 4.39 Å². The summed E-state index contributed by atoms with van der Waals surface area (Å²) in [6.07, 6.45) is 0.797. The number of halogens is 1. The quantitative estimate of drug-likeness (QED) is 0.692. The third-order valence-corrected chi connectivity index (χ3v) is 3.83. The summed E-state index contributed by atoms with van der Waals surface area (Å²) in [4.78, 5) is 17.2. The fourth-order valence-electron chi connectivity index (χ4n) is 2.49. The average molecular weight is 353 g/mol. The van der Waals surface area contributed by atoms with Crippen LogP contribution in [0.3, 0.4) is 0 Å². The molecule has 6 heteroatoms. The van der Waals surface area contributed by atoms with Gasteiger partial charge in [-0.1, -0.05) is 31.2 Å². The van der Waals surface area contributed by atoms with Crippen LogP contribution in [-0.2, 0) is 6.42 Å².